The largest absolute Gasteiger partial charge is 0.395 e. The molecule has 0 amide bonds. The number of hydrogen-bond donors (Lipinski definition) is 1. The Kier molecular flexibility index (Phi) is 3.22. The Morgan fingerprint density at radius 1 is 1.24 bits per heavy atom. The summed E-state index contributed by atoms with van der Waals surface area (Å²) in [5.41, 5.74) is 6.22. The molecule has 2 nitrogen and oxygen atoms in total. The fourth-order valence-corrected chi connectivity index (χ4v) is 2.31. The molecule has 0 radical (unpaired) electrons. The van der Waals surface area contributed by atoms with Crippen LogP contribution in [0.25, 0.3) is 0 Å². The topological polar surface area (TPSA) is 29.3 Å². The molecule has 1 aliphatic heterocycles. The van der Waals surface area contributed by atoms with E-state index in [2.05, 4.69) is 13.8 Å². The van der Waals surface area contributed by atoms with E-state index in [9.17, 15) is 8.78 Å². The van der Waals surface area contributed by atoms with Gasteiger partial charge in [-0.1, -0.05) is 13.8 Å². The molecular formula is C13H18F2N2. The molecule has 2 rings (SSSR count). The van der Waals surface area contributed by atoms with Gasteiger partial charge in [0.1, 0.15) is 5.82 Å². The summed E-state index contributed by atoms with van der Waals surface area (Å²) in [5, 5.41) is 0. The number of anilines is 2. The van der Waals surface area contributed by atoms with Crippen LogP contribution in [0.5, 0.6) is 0 Å². The SMILES string of the molecule is CC1CCN(c2cc(F)cc(F)c2N)CC1C. The van der Waals surface area contributed by atoms with Gasteiger partial charge in [-0.25, -0.2) is 8.78 Å². The minimum absolute atomic E-state index is 0.0492. The molecule has 0 bridgehead atoms. The fraction of sp³-hybridized carbons (Fsp3) is 0.538. The van der Waals surface area contributed by atoms with Gasteiger partial charge in [-0.05, 0) is 24.3 Å². The molecule has 2 N–H and O–H groups in total. The van der Waals surface area contributed by atoms with Gasteiger partial charge in [0.2, 0.25) is 0 Å². The first-order valence-corrected chi connectivity index (χ1v) is 5.98. The predicted molar refractivity (Wildman–Crippen MR) is 65.9 cm³/mol. The van der Waals surface area contributed by atoms with E-state index in [1.54, 1.807) is 0 Å². The Hall–Kier alpha value is -1.32. The molecule has 1 aromatic rings. The van der Waals surface area contributed by atoms with Crippen LogP contribution in [0.3, 0.4) is 0 Å². The summed E-state index contributed by atoms with van der Waals surface area (Å²) in [5.74, 6) is -0.0930. The lowest BCUT2D eigenvalue weighted by atomic mass is 9.88. The molecule has 2 unspecified atom stereocenters. The number of nitrogens with two attached hydrogens (primary N) is 1. The quantitative estimate of drug-likeness (QED) is 0.764. The Labute approximate surface area is 100 Å². The molecule has 0 aromatic heterocycles. The minimum atomic E-state index is -0.675. The van der Waals surface area contributed by atoms with E-state index in [0.717, 1.165) is 25.6 Å². The summed E-state index contributed by atoms with van der Waals surface area (Å²) < 4.78 is 26.6. The number of rotatable bonds is 1. The Morgan fingerprint density at radius 3 is 2.59 bits per heavy atom. The number of benzene rings is 1. The Balaban J connectivity index is 2.28. The molecule has 1 saturated heterocycles. The van der Waals surface area contributed by atoms with E-state index in [-0.39, 0.29) is 5.69 Å². The van der Waals surface area contributed by atoms with Crippen molar-refractivity contribution in [3.05, 3.63) is 23.8 Å². The second-order valence-electron chi connectivity index (χ2n) is 5.01. The smallest absolute Gasteiger partial charge is 0.151 e. The predicted octanol–water partition coefficient (Wildman–Crippen LogP) is 3.03. The van der Waals surface area contributed by atoms with Crippen molar-refractivity contribution in [2.24, 2.45) is 11.8 Å². The first kappa shape index (κ1) is 12.1. The van der Waals surface area contributed by atoms with Crippen LogP contribution in [0.2, 0.25) is 0 Å². The molecule has 4 heteroatoms. The molecule has 1 aromatic carbocycles. The van der Waals surface area contributed by atoms with Crippen LogP contribution >= 0.6 is 0 Å². The number of halogens is 2. The highest BCUT2D eigenvalue weighted by atomic mass is 19.1. The van der Waals surface area contributed by atoms with E-state index >= 15 is 0 Å². The highest BCUT2D eigenvalue weighted by molar-refractivity contribution is 5.68. The zero-order valence-electron chi connectivity index (χ0n) is 10.2. The third-order valence-electron chi connectivity index (χ3n) is 3.75. The maximum atomic E-state index is 13.4. The fourth-order valence-electron chi connectivity index (χ4n) is 2.31. The first-order chi connectivity index (χ1) is 7.99. The van der Waals surface area contributed by atoms with Crippen LogP contribution in [0.15, 0.2) is 12.1 Å². The number of hydrogen-bond acceptors (Lipinski definition) is 2. The maximum Gasteiger partial charge on any atom is 0.151 e. The van der Waals surface area contributed by atoms with E-state index in [0.29, 0.717) is 17.5 Å². The second kappa shape index (κ2) is 4.51. The summed E-state index contributed by atoms with van der Waals surface area (Å²) in [4.78, 5) is 1.98. The standard InChI is InChI=1S/C13H18F2N2/c1-8-3-4-17(7-9(8)2)12-6-10(14)5-11(15)13(12)16/h5-6,8-9H,3-4,7,16H2,1-2H3. The van der Waals surface area contributed by atoms with Gasteiger partial charge in [-0.15, -0.1) is 0 Å². The molecule has 0 spiro atoms. The van der Waals surface area contributed by atoms with Crippen LogP contribution in [-0.2, 0) is 0 Å². The first-order valence-electron chi connectivity index (χ1n) is 5.98. The van der Waals surface area contributed by atoms with E-state index < -0.39 is 11.6 Å². The molecule has 0 saturated carbocycles. The van der Waals surface area contributed by atoms with Crippen molar-refractivity contribution in [2.75, 3.05) is 23.7 Å². The van der Waals surface area contributed by atoms with Crippen LogP contribution in [0.4, 0.5) is 20.2 Å². The molecule has 94 valence electrons. The van der Waals surface area contributed by atoms with Crippen molar-refractivity contribution in [1.82, 2.24) is 0 Å². The molecular weight excluding hydrogens is 222 g/mol. The van der Waals surface area contributed by atoms with Crippen molar-refractivity contribution in [2.45, 2.75) is 20.3 Å². The van der Waals surface area contributed by atoms with Gasteiger partial charge in [0, 0.05) is 19.2 Å². The van der Waals surface area contributed by atoms with E-state index in [1.165, 1.54) is 6.07 Å². The van der Waals surface area contributed by atoms with Gasteiger partial charge in [0.15, 0.2) is 5.82 Å². The monoisotopic (exact) mass is 240 g/mol. The molecule has 17 heavy (non-hydrogen) atoms. The van der Waals surface area contributed by atoms with Crippen molar-refractivity contribution in [1.29, 1.82) is 0 Å². The molecule has 1 heterocycles. The van der Waals surface area contributed by atoms with Gasteiger partial charge in [-0.3, -0.25) is 0 Å². The summed E-state index contributed by atoms with van der Waals surface area (Å²) in [7, 11) is 0. The summed E-state index contributed by atoms with van der Waals surface area (Å²) >= 11 is 0. The number of piperidine rings is 1. The Morgan fingerprint density at radius 2 is 1.94 bits per heavy atom. The van der Waals surface area contributed by atoms with Crippen LogP contribution in [-0.4, -0.2) is 13.1 Å². The van der Waals surface area contributed by atoms with Gasteiger partial charge in [0.05, 0.1) is 11.4 Å². The number of nitrogen functional groups attached to an aromatic ring is 1. The number of nitrogens with zero attached hydrogens (tertiary/aromatic N) is 1. The lowest BCUT2D eigenvalue weighted by molar-refractivity contribution is 0.324. The summed E-state index contributed by atoms with van der Waals surface area (Å²) in [6, 6.07) is 2.15. The summed E-state index contributed by atoms with van der Waals surface area (Å²) in [6.07, 6.45) is 1.03. The van der Waals surface area contributed by atoms with E-state index in [4.69, 9.17) is 5.73 Å². The van der Waals surface area contributed by atoms with Gasteiger partial charge in [0.25, 0.3) is 0 Å². The Bertz CT molecular complexity index is 420. The minimum Gasteiger partial charge on any atom is -0.395 e. The van der Waals surface area contributed by atoms with Crippen LogP contribution in [0.1, 0.15) is 20.3 Å². The molecule has 1 aliphatic rings. The zero-order valence-corrected chi connectivity index (χ0v) is 10.2. The highest BCUT2D eigenvalue weighted by Gasteiger charge is 2.25. The summed E-state index contributed by atoms with van der Waals surface area (Å²) in [6.45, 7) is 5.97. The average molecular weight is 240 g/mol. The average Bonchev–Trinajstić information content (AvgIpc) is 2.27. The van der Waals surface area contributed by atoms with Crippen molar-refractivity contribution < 1.29 is 8.78 Å². The lowest BCUT2D eigenvalue weighted by Crippen LogP contribution is -2.38. The highest BCUT2D eigenvalue weighted by Crippen LogP contribution is 2.32. The van der Waals surface area contributed by atoms with Gasteiger partial charge < -0.3 is 10.6 Å². The molecule has 2 atom stereocenters. The normalized spacial score (nSPS) is 25.1. The third-order valence-corrected chi connectivity index (χ3v) is 3.75. The van der Waals surface area contributed by atoms with Gasteiger partial charge in [-0.2, -0.15) is 0 Å². The van der Waals surface area contributed by atoms with Crippen LogP contribution < -0.4 is 10.6 Å². The molecule has 1 fully saturated rings. The zero-order chi connectivity index (χ0) is 12.6. The second-order valence-corrected chi connectivity index (χ2v) is 5.01. The lowest BCUT2D eigenvalue weighted by Gasteiger charge is -2.37. The van der Waals surface area contributed by atoms with Crippen molar-refractivity contribution >= 4 is 11.4 Å². The maximum absolute atomic E-state index is 13.4. The van der Waals surface area contributed by atoms with Gasteiger partial charge >= 0.3 is 0 Å². The van der Waals surface area contributed by atoms with Crippen LogP contribution in [0, 0.1) is 23.5 Å². The third kappa shape index (κ3) is 2.35. The van der Waals surface area contributed by atoms with Crippen molar-refractivity contribution in [3.63, 3.8) is 0 Å². The van der Waals surface area contributed by atoms with E-state index in [1.807, 2.05) is 4.90 Å². The van der Waals surface area contributed by atoms with Crippen molar-refractivity contribution in [3.8, 4) is 0 Å². The molecule has 0 aliphatic carbocycles.